The molecule has 1 fully saturated rings. The van der Waals surface area contributed by atoms with Crippen molar-refractivity contribution in [3.63, 3.8) is 0 Å². The summed E-state index contributed by atoms with van der Waals surface area (Å²) in [7, 11) is 0. The molecular formula is C25H32N4O. The second-order valence-corrected chi connectivity index (χ2v) is 7.41. The minimum Gasteiger partial charge on any atom is -0.354 e. The van der Waals surface area contributed by atoms with Crippen molar-refractivity contribution in [2.45, 2.75) is 13.8 Å². The van der Waals surface area contributed by atoms with Crippen molar-refractivity contribution in [1.29, 1.82) is 0 Å². The van der Waals surface area contributed by atoms with Gasteiger partial charge in [0.15, 0.2) is 0 Å². The van der Waals surface area contributed by atoms with Crippen molar-refractivity contribution in [2.24, 2.45) is 4.99 Å². The molecule has 2 aromatic rings. The van der Waals surface area contributed by atoms with E-state index in [1.54, 1.807) is 0 Å². The zero-order valence-corrected chi connectivity index (χ0v) is 18.1. The molecule has 3 rings (SSSR count). The van der Waals surface area contributed by atoms with E-state index in [0.717, 1.165) is 49.8 Å². The Morgan fingerprint density at radius 3 is 2.30 bits per heavy atom. The second kappa shape index (κ2) is 10.7. The van der Waals surface area contributed by atoms with Gasteiger partial charge in [-0.05, 0) is 38.1 Å². The number of hydrogen-bond donors (Lipinski definition) is 0. The van der Waals surface area contributed by atoms with Crippen LogP contribution in [-0.2, 0) is 0 Å². The average Bonchev–Trinajstić information content (AvgIpc) is 2.80. The van der Waals surface area contributed by atoms with Crippen LogP contribution in [0.4, 0.5) is 5.69 Å². The Morgan fingerprint density at radius 2 is 1.67 bits per heavy atom. The number of rotatable bonds is 7. The normalized spacial score (nSPS) is 15.1. The third-order valence-electron chi connectivity index (χ3n) is 5.47. The highest BCUT2D eigenvalue weighted by Gasteiger charge is 2.22. The SMILES string of the molecule is C=CCN1CCN(/C(=N\c2ccccc2)c2cccc(C(=O)N(CC)CC)c2)CC1. The maximum atomic E-state index is 12.9. The number of carbonyl (C=O) groups excluding carboxylic acids is 1. The van der Waals surface area contributed by atoms with Crippen LogP contribution >= 0.6 is 0 Å². The lowest BCUT2D eigenvalue weighted by Crippen LogP contribution is -2.48. The fraction of sp³-hybridized carbons (Fsp3) is 0.360. The van der Waals surface area contributed by atoms with E-state index in [0.29, 0.717) is 18.7 Å². The van der Waals surface area contributed by atoms with Crippen LogP contribution in [0.25, 0.3) is 0 Å². The molecule has 1 saturated heterocycles. The van der Waals surface area contributed by atoms with Crippen molar-refractivity contribution < 1.29 is 4.79 Å². The van der Waals surface area contributed by atoms with Gasteiger partial charge in [0.05, 0.1) is 5.69 Å². The first kappa shape index (κ1) is 21.8. The quantitative estimate of drug-likeness (QED) is 0.397. The average molecular weight is 405 g/mol. The van der Waals surface area contributed by atoms with Gasteiger partial charge in [0.2, 0.25) is 0 Å². The molecule has 0 aliphatic carbocycles. The molecule has 0 aromatic heterocycles. The Balaban J connectivity index is 1.93. The molecule has 1 amide bonds. The number of aliphatic imine (C=N–C) groups is 1. The van der Waals surface area contributed by atoms with E-state index in [-0.39, 0.29) is 5.91 Å². The first-order valence-electron chi connectivity index (χ1n) is 10.8. The number of piperazine rings is 1. The van der Waals surface area contributed by atoms with Crippen LogP contribution in [0.2, 0.25) is 0 Å². The van der Waals surface area contributed by atoms with Crippen LogP contribution in [0.15, 0.2) is 72.2 Å². The first-order chi connectivity index (χ1) is 14.7. The maximum absolute atomic E-state index is 12.9. The largest absolute Gasteiger partial charge is 0.354 e. The Kier molecular flexibility index (Phi) is 7.80. The minimum atomic E-state index is 0.0664. The Hall–Kier alpha value is -2.92. The molecule has 0 atom stereocenters. The smallest absolute Gasteiger partial charge is 0.253 e. The monoisotopic (exact) mass is 404 g/mol. The van der Waals surface area contributed by atoms with Gasteiger partial charge in [-0.2, -0.15) is 0 Å². The van der Waals surface area contributed by atoms with Crippen molar-refractivity contribution in [2.75, 3.05) is 45.8 Å². The van der Waals surface area contributed by atoms with Crippen LogP contribution in [-0.4, -0.2) is 72.3 Å². The molecule has 2 aromatic carbocycles. The fourth-order valence-corrected chi connectivity index (χ4v) is 3.75. The molecule has 5 heteroatoms. The zero-order valence-electron chi connectivity index (χ0n) is 18.1. The summed E-state index contributed by atoms with van der Waals surface area (Å²) in [6, 6.07) is 17.9. The Bertz CT molecular complexity index is 866. The van der Waals surface area contributed by atoms with E-state index in [9.17, 15) is 4.79 Å². The topological polar surface area (TPSA) is 39.1 Å². The van der Waals surface area contributed by atoms with Gasteiger partial charge in [-0.15, -0.1) is 6.58 Å². The van der Waals surface area contributed by atoms with Crippen LogP contribution in [0.3, 0.4) is 0 Å². The van der Waals surface area contributed by atoms with Gasteiger partial charge >= 0.3 is 0 Å². The lowest BCUT2D eigenvalue weighted by Gasteiger charge is -2.36. The number of hydrogen-bond acceptors (Lipinski definition) is 3. The van der Waals surface area contributed by atoms with Gasteiger partial charge in [-0.25, -0.2) is 4.99 Å². The number of benzene rings is 2. The van der Waals surface area contributed by atoms with Gasteiger partial charge in [0.1, 0.15) is 5.84 Å². The summed E-state index contributed by atoms with van der Waals surface area (Å²) in [5.41, 5.74) is 2.61. The van der Waals surface area contributed by atoms with E-state index < -0.39 is 0 Å². The van der Waals surface area contributed by atoms with Crippen molar-refractivity contribution in [3.8, 4) is 0 Å². The zero-order chi connectivity index (χ0) is 21.3. The summed E-state index contributed by atoms with van der Waals surface area (Å²) in [4.78, 5) is 24.4. The number of carbonyl (C=O) groups is 1. The first-order valence-corrected chi connectivity index (χ1v) is 10.8. The summed E-state index contributed by atoms with van der Waals surface area (Å²) < 4.78 is 0. The third-order valence-corrected chi connectivity index (χ3v) is 5.47. The predicted octanol–water partition coefficient (Wildman–Crippen LogP) is 4.05. The van der Waals surface area contributed by atoms with Crippen molar-refractivity contribution >= 4 is 17.4 Å². The number of amidine groups is 1. The molecule has 0 unspecified atom stereocenters. The standard InChI is InChI=1S/C25H32N4O/c1-4-15-27-16-18-29(19-17-27)24(26-23-13-8-7-9-14-23)21-11-10-12-22(20-21)25(30)28(5-2)6-3/h4,7-14,20H,1,5-6,15-19H2,2-3H3/b26-24-. The van der Waals surface area contributed by atoms with Crippen LogP contribution in [0.1, 0.15) is 29.8 Å². The van der Waals surface area contributed by atoms with Gasteiger partial charge in [-0.3, -0.25) is 9.69 Å². The molecule has 0 spiro atoms. The highest BCUT2D eigenvalue weighted by Crippen LogP contribution is 2.18. The molecular weight excluding hydrogens is 372 g/mol. The summed E-state index contributed by atoms with van der Waals surface area (Å²) in [5, 5.41) is 0. The van der Waals surface area contributed by atoms with E-state index in [4.69, 9.17) is 4.99 Å². The summed E-state index contributed by atoms with van der Waals surface area (Å²) in [5.74, 6) is 0.991. The minimum absolute atomic E-state index is 0.0664. The van der Waals surface area contributed by atoms with E-state index >= 15 is 0 Å². The summed E-state index contributed by atoms with van der Waals surface area (Å²) in [6.45, 7) is 13.9. The highest BCUT2D eigenvalue weighted by molar-refractivity contribution is 6.03. The Morgan fingerprint density at radius 1 is 1.00 bits per heavy atom. The molecule has 5 nitrogen and oxygen atoms in total. The summed E-state index contributed by atoms with van der Waals surface area (Å²) >= 11 is 0. The second-order valence-electron chi connectivity index (χ2n) is 7.41. The maximum Gasteiger partial charge on any atom is 0.253 e. The molecule has 0 bridgehead atoms. The number of para-hydroxylation sites is 1. The van der Waals surface area contributed by atoms with Crippen molar-refractivity contribution in [3.05, 3.63) is 78.4 Å². The molecule has 0 radical (unpaired) electrons. The number of nitrogens with zero attached hydrogens (tertiary/aromatic N) is 4. The van der Waals surface area contributed by atoms with E-state index in [1.165, 1.54) is 0 Å². The van der Waals surface area contributed by atoms with Crippen LogP contribution < -0.4 is 0 Å². The lowest BCUT2D eigenvalue weighted by molar-refractivity contribution is 0.0773. The van der Waals surface area contributed by atoms with Gasteiger partial charge in [0, 0.05) is 56.9 Å². The molecule has 158 valence electrons. The van der Waals surface area contributed by atoms with E-state index in [2.05, 4.69) is 22.4 Å². The van der Waals surface area contributed by atoms with Crippen molar-refractivity contribution in [1.82, 2.24) is 14.7 Å². The van der Waals surface area contributed by atoms with Gasteiger partial charge in [0.25, 0.3) is 5.91 Å². The molecule has 30 heavy (non-hydrogen) atoms. The fourth-order valence-electron chi connectivity index (χ4n) is 3.75. The predicted molar refractivity (Wildman–Crippen MR) is 125 cm³/mol. The Labute approximate surface area is 180 Å². The highest BCUT2D eigenvalue weighted by atomic mass is 16.2. The molecule has 0 saturated carbocycles. The molecule has 0 N–H and O–H groups in total. The van der Waals surface area contributed by atoms with Gasteiger partial charge < -0.3 is 9.80 Å². The lowest BCUT2D eigenvalue weighted by atomic mass is 10.1. The van der Waals surface area contributed by atoms with Crippen LogP contribution in [0.5, 0.6) is 0 Å². The summed E-state index contributed by atoms with van der Waals surface area (Å²) in [6.07, 6.45) is 1.96. The van der Waals surface area contributed by atoms with Crippen LogP contribution in [0, 0.1) is 0 Å². The third kappa shape index (κ3) is 5.36. The van der Waals surface area contributed by atoms with Gasteiger partial charge in [-0.1, -0.05) is 36.4 Å². The molecule has 1 aliphatic rings. The molecule has 1 aliphatic heterocycles. The molecule has 1 heterocycles. The number of amides is 1. The van der Waals surface area contributed by atoms with E-state index in [1.807, 2.05) is 73.4 Å².